The molecular weight excluding hydrogens is 274 g/mol. The fourth-order valence-corrected chi connectivity index (χ4v) is 2.41. The zero-order chi connectivity index (χ0) is 15.5. The highest BCUT2D eigenvalue weighted by Crippen LogP contribution is 2.26. The molecule has 0 radical (unpaired) electrons. The third-order valence-corrected chi connectivity index (χ3v) is 3.45. The van der Waals surface area contributed by atoms with Crippen LogP contribution in [0, 0.1) is 0 Å². The summed E-state index contributed by atoms with van der Waals surface area (Å²) in [4.78, 5) is 11.4. The Kier molecular flexibility index (Phi) is 3.66. The fourth-order valence-electron chi connectivity index (χ4n) is 2.41. The number of anilines is 2. The number of benzene rings is 2. The Labute approximate surface area is 129 Å². The molecule has 1 heterocycles. The van der Waals surface area contributed by atoms with Gasteiger partial charge in [0, 0.05) is 17.1 Å². The molecule has 0 saturated heterocycles. The average molecular weight is 291 g/mol. The highest BCUT2D eigenvalue weighted by Gasteiger charge is 2.17. The van der Waals surface area contributed by atoms with Gasteiger partial charge < -0.3 is 16.0 Å². The fraction of sp³-hybridized carbons (Fsp3) is 0.0556. The molecule has 2 aromatic rings. The Morgan fingerprint density at radius 3 is 2.64 bits per heavy atom. The van der Waals surface area contributed by atoms with Crippen molar-refractivity contribution in [3.8, 4) is 0 Å². The van der Waals surface area contributed by atoms with Gasteiger partial charge in [0.05, 0.1) is 6.42 Å². The van der Waals surface area contributed by atoms with E-state index < -0.39 is 0 Å². The summed E-state index contributed by atoms with van der Waals surface area (Å²) in [7, 11) is 0. The van der Waals surface area contributed by atoms with Gasteiger partial charge in [-0.25, -0.2) is 0 Å². The Morgan fingerprint density at radius 2 is 1.86 bits per heavy atom. The van der Waals surface area contributed by atoms with Gasteiger partial charge in [0.1, 0.15) is 5.82 Å². The summed E-state index contributed by atoms with van der Waals surface area (Å²) in [6, 6.07) is 15.6. The van der Waals surface area contributed by atoms with Crippen LogP contribution in [0.3, 0.4) is 0 Å². The molecule has 110 valence electrons. The molecular formula is C18H17N3O. The minimum Gasteiger partial charge on any atom is -0.342 e. The number of carbonyl (C=O) groups excluding carboxylic acids is 1. The van der Waals surface area contributed by atoms with Crippen LogP contribution in [-0.2, 0) is 11.2 Å². The van der Waals surface area contributed by atoms with Crippen LogP contribution >= 0.6 is 0 Å². The highest BCUT2D eigenvalue weighted by molar-refractivity contribution is 5.99. The van der Waals surface area contributed by atoms with Crippen molar-refractivity contribution in [2.45, 2.75) is 6.42 Å². The lowest BCUT2D eigenvalue weighted by atomic mass is 10.1. The van der Waals surface area contributed by atoms with Gasteiger partial charge in [-0.15, -0.1) is 0 Å². The number of amides is 1. The molecule has 0 aliphatic carbocycles. The summed E-state index contributed by atoms with van der Waals surface area (Å²) in [5, 5.41) is 9.13. The summed E-state index contributed by atoms with van der Waals surface area (Å²) in [6.07, 6.45) is 0.418. The molecule has 2 aromatic carbocycles. The summed E-state index contributed by atoms with van der Waals surface area (Å²) in [5.74, 6) is 0.660. The van der Waals surface area contributed by atoms with Gasteiger partial charge in [-0.2, -0.15) is 0 Å². The maximum absolute atomic E-state index is 11.4. The van der Waals surface area contributed by atoms with Crippen molar-refractivity contribution in [2.75, 3.05) is 10.6 Å². The van der Waals surface area contributed by atoms with E-state index in [1.165, 1.54) is 0 Å². The molecule has 3 N–H and O–H groups in total. The number of fused-ring (bicyclic) bond motifs is 1. The zero-order valence-corrected chi connectivity index (χ0v) is 12.1. The van der Waals surface area contributed by atoms with Gasteiger partial charge in [-0.1, -0.05) is 43.5 Å². The van der Waals surface area contributed by atoms with E-state index >= 15 is 0 Å². The van der Waals surface area contributed by atoms with Crippen molar-refractivity contribution in [2.24, 2.45) is 0 Å². The van der Waals surface area contributed by atoms with Gasteiger partial charge in [0.15, 0.2) is 0 Å². The summed E-state index contributed by atoms with van der Waals surface area (Å²) < 4.78 is 0. The van der Waals surface area contributed by atoms with E-state index in [9.17, 15) is 4.79 Å². The molecule has 1 amide bonds. The van der Waals surface area contributed by atoms with Crippen LogP contribution in [0.2, 0.25) is 0 Å². The van der Waals surface area contributed by atoms with Crippen molar-refractivity contribution in [1.29, 1.82) is 0 Å². The molecule has 0 aromatic heterocycles. The number of hydrogen-bond donors (Lipinski definition) is 3. The third kappa shape index (κ3) is 3.01. The first-order valence-electron chi connectivity index (χ1n) is 7.02. The maximum Gasteiger partial charge on any atom is 0.228 e. The maximum atomic E-state index is 11.4. The standard InChI is InChI=1S/C18H17N3O/c1-12(14-6-4-3-5-7-14)19-13(2)20-16-8-9-17-15(10-16)11-18(22)21-17/h3-10,19-20H,1-2,11H2,(H,21,22). The molecule has 0 fully saturated rings. The molecule has 3 rings (SSSR count). The number of carbonyl (C=O) groups is 1. The molecule has 0 unspecified atom stereocenters. The monoisotopic (exact) mass is 291 g/mol. The second kappa shape index (κ2) is 5.77. The topological polar surface area (TPSA) is 53.2 Å². The van der Waals surface area contributed by atoms with E-state index in [1.807, 2.05) is 48.5 Å². The lowest BCUT2D eigenvalue weighted by Crippen LogP contribution is -2.16. The van der Waals surface area contributed by atoms with Crippen LogP contribution in [0.5, 0.6) is 0 Å². The minimum absolute atomic E-state index is 0.0292. The zero-order valence-electron chi connectivity index (χ0n) is 12.1. The van der Waals surface area contributed by atoms with Crippen molar-refractivity contribution < 1.29 is 4.79 Å². The second-order valence-corrected chi connectivity index (χ2v) is 5.17. The van der Waals surface area contributed by atoms with Crippen LogP contribution < -0.4 is 16.0 Å². The molecule has 1 aliphatic rings. The minimum atomic E-state index is 0.0292. The van der Waals surface area contributed by atoms with Crippen molar-refractivity contribution >= 4 is 23.0 Å². The Morgan fingerprint density at radius 1 is 1.09 bits per heavy atom. The molecule has 1 aliphatic heterocycles. The molecule has 0 atom stereocenters. The molecule has 0 spiro atoms. The Balaban J connectivity index is 1.64. The van der Waals surface area contributed by atoms with E-state index in [0.717, 1.165) is 28.2 Å². The molecule has 4 nitrogen and oxygen atoms in total. The largest absolute Gasteiger partial charge is 0.342 e. The highest BCUT2D eigenvalue weighted by atomic mass is 16.1. The summed E-state index contributed by atoms with van der Waals surface area (Å²) >= 11 is 0. The average Bonchev–Trinajstić information content (AvgIpc) is 2.87. The van der Waals surface area contributed by atoms with E-state index in [2.05, 4.69) is 29.1 Å². The van der Waals surface area contributed by atoms with E-state index in [0.29, 0.717) is 12.2 Å². The molecule has 0 saturated carbocycles. The predicted octanol–water partition coefficient (Wildman–Crippen LogP) is 3.32. The van der Waals surface area contributed by atoms with Crippen molar-refractivity contribution in [3.63, 3.8) is 0 Å². The third-order valence-electron chi connectivity index (χ3n) is 3.45. The molecule has 0 bridgehead atoms. The Hall–Kier alpha value is -3.01. The first-order chi connectivity index (χ1) is 10.6. The quantitative estimate of drug-likeness (QED) is 0.792. The van der Waals surface area contributed by atoms with Crippen LogP contribution in [0.15, 0.2) is 67.5 Å². The number of hydrogen-bond acceptors (Lipinski definition) is 3. The second-order valence-electron chi connectivity index (χ2n) is 5.17. The number of rotatable bonds is 5. The number of nitrogens with one attached hydrogen (secondary N) is 3. The summed E-state index contributed by atoms with van der Waals surface area (Å²) in [6.45, 7) is 7.97. The van der Waals surface area contributed by atoms with Gasteiger partial charge >= 0.3 is 0 Å². The van der Waals surface area contributed by atoms with Gasteiger partial charge in [0.25, 0.3) is 0 Å². The first-order valence-corrected chi connectivity index (χ1v) is 7.02. The van der Waals surface area contributed by atoms with E-state index in [-0.39, 0.29) is 5.91 Å². The van der Waals surface area contributed by atoms with Crippen LogP contribution in [0.4, 0.5) is 11.4 Å². The summed E-state index contributed by atoms with van der Waals surface area (Å²) in [5.41, 5.74) is 4.53. The van der Waals surface area contributed by atoms with Crippen LogP contribution in [0.1, 0.15) is 11.1 Å². The van der Waals surface area contributed by atoms with Crippen molar-refractivity contribution in [3.05, 3.63) is 78.6 Å². The van der Waals surface area contributed by atoms with E-state index in [1.54, 1.807) is 0 Å². The lowest BCUT2D eigenvalue weighted by Gasteiger charge is -2.15. The van der Waals surface area contributed by atoms with Gasteiger partial charge in [-0.05, 0) is 29.3 Å². The molecule has 22 heavy (non-hydrogen) atoms. The van der Waals surface area contributed by atoms with Crippen LogP contribution in [-0.4, -0.2) is 5.91 Å². The smallest absolute Gasteiger partial charge is 0.228 e. The SMILES string of the molecule is C=C(NC(=C)c1ccccc1)Nc1ccc2c(c1)CC(=O)N2. The van der Waals surface area contributed by atoms with Gasteiger partial charge in [-0.3, -0.25) is 4.79 Å². The Bertz CT molecular complexity index is 750. The first kappa shape index (κ1) is 13.9. The van der Waals surface area contributed by atoms with Crippen molar-refractivity contribution in [1.82, 2.24) is 5.32 Å². The van der Waals surface area contributed by atoms with Gasteiger partial charge in [0.2, 0.25) is 5.91 Å². The normalized spacial score (nSPS) is 12.3. The van der Waals surface area contributed by atoms with Crippen LogP contribution in [0.25, 0.3) is 5.70 Å². The van der Waals surface area contributed by atoms with E-state index in [4.69, 9.17) is 0 Å². The predicted molar refractivity (Wildman–Crippen MR) is 90.2 cm³/mol. The lowest BCUT2D eigenvalue weighted by molar-refractivity contribution is -0.115. The molecule has 4 heteroatoms.